The highest BCUT2D eigenvalue weighted by Gasteiger charge is 2.23. The van der Waals surface area contributed by atoms with Gasteiger partial charge in [0.1, 0.15) is 0 Å². The Balaban J connectivity index is 1.67. The van der Waals surface area contributed by atoms with E-state index in [1.165, 1.54) is 24.8 Å². The van der Waals surface area contributed by atoms with Gasteiger partial charge in [-0.05, 0) is 49.8 Å². The first kappa shape index (κ1) is 16.6. The summed E-state index contributed by atoms with van der Waals surface area (Å²) in [7, 11) is 2.06. The molecule has 0 radical (unpaired) electrons. The number of likely N-dealkylation sites (N-methyl/N-ethyl adjacent to an activating group) is 1. The SMILES string of the molecule is CCC1CCCCN1c1nncc(N(C)CCc2ccncc2)n1. The van der Waals surface area contributed by atoms with E-state index in [9.17, 15) is 0 Å². The van der Waals surface area contributed by atoms with E-state index in [2.05, 4.69) is 51.1 Å². The fraction of sp³-hybridized carbons (Fsp3) is 0.556. The normalized spacial score (nSPS) is 17.8. The monoisotopic (exact) mass is 326 g/mol. The summed E-state index contributed by atoms with van der Waals surface area (Å²) in [6, 6.07) is 4.65. The first-order chi connectivity index (χ1) is 11.8. The molecule has 2 aromatic rings. The summed E-state index contributed by atoms with van der Waals surface area (Å²) in [5.74, 6) is 1.66. The van der Waals surface area contributed by atoms with Crippen LogP contribution in [0.2, 0.25) is 0 Å². The van der Waals surface area contributed by atoms with Crippen LogP contribution in [-0.4, -0.2) is 46.3 Å². The van der Waals surface area contributed by atoms with Gasteiger partial charge >= 0.3 is 0 Å². The summed E-state index contributed by atoms with van der Waals surface area (Å²) < 4.78 is 0. The second-order valence-corrected chi connectivity index (χ2v) is 6.39. The molecule has 0 N–H and O–H groups in total. The highest BCUT2D eigenvalue weighted by atomic mass is 15.4. The second-order valence-electron chi connectivity index (χ2n) is 6.39. The number of rotatable bonds is 6. The van der Waals surface area contributed by atoms with Gasteiger partial charge in [0.15, 0.2) is 5.82 Å². The Kier molecular flexibility index (Phi) is 5.56. The van der Waals surface area contributed by atoms with Crippen molar-refractivity contribution in [1.82, 2.24) is 20.2 Å². The first-order valence-electron chi connectivity index (χ1n) is 8.84. The lowest BCUT2D eigenvalue weighted by Crippen LogP contribution is -2.40. The van der Waals surface area contributed by atoms with Crippen molar-refractivity contribution in [2.45, 2.75) is 45.1 Å². The summed E-state index contributed by atoms with van der Waals surface area (Å²) in [4.78, 5) is 13.3. The maximum atomic E-state index is 4.77. The molecule has 0 aromatic carbocycles. The molecule has 1 fully saturated rings. The number of aromatic nitrogens is 4. The van der Waals surface area contributed by atoms with Gasteiger partial charge in [-0.15, -0.1) is 5.10 Å². The third-order valence-corrected chi connectivity index (χ3v) is 4.77. The molecule has 0 saturated carbocycles. The van der Waals surface area contributed by atoms with Gasteiger partial charge in [0.2, 0.25) is 5.95 Å². The van der Waals surface area contributed by atoms with Gasteiger partial charge in [-0.3, -0.25) is 4.98 Å². The molecule has 1 saturated heterocycles. The molecule has 1 aliphatic rings. The van der Waals surface area contributed by atoms with Crippen molar-refractivity contribution in [2.24, 2.45) is 0 Å². The van der Waals surface area contributed by atoms with Gasteiger partial charge in [-0.25, -0.2) is 0 Å². The van der Waals surface area contributed by atoms with E-state index in [4.69, 9.17) is 4.98 Å². The lowest BCUT2D eigenvalue weighted by atomic mass is 10.0. The third kappa shape index (κ3) is 3.99. The Hall–Kier alpha value is -2.24. The molecule has 1 unspecified atom stereocenters. The number of pyridine rings is 1. The van der Waals surface area contributed by atoms with Gasteiger partial charge in [0.25, 0.3) is 0 Å². The summed E-state index contributed by atoms with van der Waals surface area (Å²) in [5.41, 5.74) is 1.28. The number of nitrogens with zero attached hydrogens (tertiary/aromatic N) is 6. The molecule has 3 rings (SSSR count). The maximum Gasteiger partial charge on any atom is 0.247 e. The first-order valence-corrected chi connectivity index (χ1v) is 8.84. The number of anilines is 2. The van der Waals surface area contributed by atoms with Gasteiger partial charge in [0.05, 0.1) is 6.20 Å². The molecule has 2 aromatic heterocycles. The molecule has 1 aliphatic heterocycles. The van der Waals surface area contributed by atoms with Crippen LogP contribution in [-0.2, 0) is 6.42 Å². The van der Waals surface area contributed by atoms with Crippen LogP contribution < -0.4 is 9.80 Å². The van der Waals surface area contributed by atoms with E-state index in [0.717, 1.165) is 37.7 Å². The number of piperidine rings is 1. The zero-order valence-corrected chi connectivity index (χ0v) is 14.6. The Labute approximate surface area is 143 Å². The lowest BCUT2D eigenvalue weighted by molar-refractivity contribution is 0.441. The lowest BCUT2D eigenvalue weighted by Gasteiger charge is -2.35. The number of hydrogen-bond acceptors (Lipinski definition) is 6. The summed E-state index contributed by atoms with van der Waals surface area (Å²) in [6.45, 7) is 4.16. The van der Waals surface area contributed by atoms with Crippen LogP contribution in [0.25, 0.3) is 0 Å². The fourth-order valence-corrected chi connectivity index (χ4v) is 3.24. The molecule has 0 spiro atoms. The molecule has 0 amide bonds. The molecule has 128 valence electrons. The molecule has 24 heavy (non-hydrogen) atoms. The van der Waals surface area contributed by atoms with Crippen LogP contribution in [0.3, 0.4) is 0 Å². The summed E-state index contributed by atoms with van der Waals surface area (Å²) in [6.07, 6.45) is 11.2. The van der Waals surface area contributed by atoms with Crippen LogP contribution >= 0.6 is 0 Å². The minimum atomic E-state index is 0.540. The summed E-state index contributed by atoms with van der Waals surface area (Å²) in [5, 5.41) is 8.49. The minimum Gasteiger partial charge on any atom is -0.358 e. The number of hydrogen-bond donors (Lipinski definition) is 0. The standard InChI is InChI=1S/C18H26N6/c1-3-16-6-4-5-12-24(16)18-21-17(14-20-22-18)23(2)13-9-15-7-10-19-11-8-15/h7-8,10-11,14,16H,3-6,9,12-13H2,1-2H3. The predicted octanol–water partition coefficient (Wildman–Crippen LogP) is 2.71. The van der Waals surface area contributed by atoms with E-state index in [0.29, 0.717) is 6.04 Å². The van der Waals surface area contributed by atoms with Gasteiger partial charge in [0, 0.05) is 38.6 Å². The molecule has 6 heteroatoms. The van der Waals surface area contributed by atoms with Crippen molar-refractivity contribution < 1.29 is 0 Å². The van der Waals surface area contributed by atoms with Crippen molar-refractivity contribution in [2.75, 3.05) is 29.9 Å². The highest BCUT2D eigenvalue weighted by Crippen LogP contribution is 2.24. The van der Waals surface area contributed by atoms with Crippen LogP contribution in [0.5, 0.6) is 0 Å². The van der Waals surface area contributed by atoms with Crippen LogP contribution in [0.15, 0.2) is 30.7 Å². The molecule has 6 nitrogen and oxygen atoms in total. The molecule has 3 heterocycles. The van der Waals surface area contributed by atoms with Crippen LogP contribution in [0.4, 0.5) is 11.8 Å². The van der Waals surface area contributed by atoms with Gasteiger partial charge in [-0.2, -0.15) is 10.1 Å². The van der Waals surface area contributed by atoms with Crippen molar-refractivity contribution in [1.29, 1.82) is 0 Å². The Morgan fingerprint density at radius 1 is 1.25 bits per heavy atom. The van der Waals surface area contributed by atoms with E-state index >= 15 is 0 Å². The predicted molar refractivity (Wildman–Crippen MR) is 96.3 cm³/mol. The minimum absolute atomic E-state index is 0.540. The zero-order chi connectivity index (χ0) is 16.8. The largest absolute Gasteiger partial charge is 0.358 e. The Bertz CT molecular complexity index is 632. The molecular weight excluding hydrogens is 300 g/mol. The molecule has 0 bridgehead atoms. The third-order valence-electron chi connectivity index (χ3n) is 4.77. The van der Waals surface area contributed by atoms with Crippen LogP contribution in [0.1, 0.15) is 38.2 Å². The van der Waals surface area contributed by atoms with Crippen molar-refractivity contribution >= 4 is 11.8 Å². The van der Waals surface area contributed by atoms with Crippen molar-refractivity contribution in [3.8, 4) is 0 Å². The Morgan fingerprint density at radius 2 is 2.08 bits per heavy atom. The molecular formula is C18H26N6. The van der Waals surface area contributed by atoms with E-state index in [-0.39, 0.29) is 0 Å². The van der Waals surface area contributed by atoms with Crippen molar-refractivity contribution in [3.05, 3.63) is 36.3 Å². The summed E-state index contributed by atoms with van der Waals surface area (Å²) >= 11 is 0. The zero-order valence-electron chi connectivity index (χ0n) is 14.6. The van der Waals surface area contributed by atoms with Gasteiger partial charge < -0.3 is 9.80 Å². The average molecular weight is 326 g/mol. The highest BCUT2D eigenvalue weighted by molar-refractivity contribution is 5.42. The van der Waals surface area contributed by atoms with Crippen molar-refractivity contribution in [3.63, 3.8) is 0 Å². The quantitative estimate of drug-likeness (QED) is 0.813. The second kappa shape index (κ2) is 8.04. The Morgan fingerprint density at radius 3 is 2.88 bits per heavy atom. The van der Waals surface area contributed by atoms with Gasteiger partial charge in [-0.1, -0.05) is 6.92 Å². The topological polar surface area (TPSA) is 58.0 Å². The van der Waals surface area contributed by atoms with E-state index in [1.807, 2.05) is 12.4 Å². The van der Waals surface area contributed by atoms with E-state index < -0.39 is 0 Å². The van der Waals surface area contributed by atoms with E-state index in [1.54, 1.807) is 6.20 Å². The molecule has 0 aliphatic carbocycles. The fourth-order valence-electron chi connectivity index (χ4n) is 3.24. The average Bonchev–Trinajstić information content (AvgIpc) is 2.67. The molecule has 1 atom stereocenters. The van der Waals surface area contributed by atoms with Crippen LogP contribution in [0, 0.1) is 0 Å². The maximum absolute atomic E-state index is 4.77. The smallest absolute Gasteiger partial charge is 0.247 e.